The number of nitrogens with one attached hydrogen (secondary N) is 2. The minimum atomic E-state index is -0.0193. The maximum atomic E-state index is 12.6. The zero-order chi connectivity index (χ0) is 16.8. The smallest absolute Gasteiger partial charge is 0.225 e. The maximum Gasteiger partial charge on any atom is 0.225 e. The van der Waals surface area contributed by atoms with Crippen LogP contribution < -0.4 is 15.4 Å². The topological polar surface area (TPSA) is 50.4 Å². The molecule has 1 fully saturated rings. The zero-order valence-electron chi connectivity index (χ0n) is 14.0. The molecule has 0 unspecified atom stereocenters. The predicted octanol–water partition coefficient (Wildman–Crippen LogP) is 2.36. The minimum absolute atomic E-state index is 0.0193. The average molecular weight is 324 g/mol. The Bertz CT molecular complexity index is 655. The molecular weight excluding hydrogens is 300 g/mol. The van der Waals surface area contributed by atoms with E-state index in [0.717, 1.165) is 25.3 Å². The first kappa shape index (κ1) is 16.5. The van der Waals surface area contributed by atoms with Crippen LogP contribution in [0.25, 0.3) is 0 Å². The number of methoxy groups -OCH3 is 1. The molecule has 1 saturated heterocycles. The van der Waals surface area contributed by atoms with E-state index < -0.39 is 0 Å². The molecule has 1 amide bonds. The quantitative estimate of drug-likeness (QED) is 0.858. The third-order valence-electron chi connectivity index (χ3n) is 4.65. The van der Waals surface area contributed by atoms with E-state index in [1.807, 2.05) is 30.3 Å². The van der Waals surface area contributed by atoms with Gasteiger partial charge in [-0.2, -0.15) is 0 Å². The van der Waals surface area contributed by atoms with E-state index in [1.54, 1.807) is 7.11 Å². The van der Waals surface area contributed by atoms with Crippen molar-refractivity contribution in [3.63, 3.8) is 0 Å². The molecule has 24 heavy (non-hydrogen) atoms. The number of carbonyl (C=O) groups excluding carboxylic acids is 1. The van der Waals surface area contributed by atoms with Gasteiger partial charge in [0.15, 0.2) is 0 Å². The molecular formula is C20H24N2O2. The first-order chi connectivity index (χ1) is 11.8. The molecule has 0 aromatic heterocycles. The third kappa shape index (κ3) is 3.95. The molecule has 0 spiro atoms. The van der Waals surface area contributed by atoms with Gasteiger partial charge in [0.2, 0.25) is 5.91 Å². The van der Waals surface area contributed by atoms with Crippen molar-refractivity contribution in [2.24, 2.45) is 5.92 Å². The van der Waals surface area contributed by atoms with Crippen LogP contribution in [0, 0.1) is 5.92 Å². The van der Waals surface area contributed by atoms with E-state index in [4.69, 9.17) is 4.74 Å². The van der Waals surface area contributed by atoms with Crippen LogP contribution in [-0.4, -0.2) is 32.7 Å². The number of carbonyl (C=O) groups is 1. The largest absolute Gasteiger partial charge is 0.497 e. The van der Waals surface area contributed by atoms with Crippen molar-refractivity contribution in [3.8, 4) is 5.75 Å². The second-order valence-electron chi connectivity index (χ2n) is 6.17. The lowest BCUT2D eigenvalue weighted by molar-refractivity contribution is -0.124. The zero-order valence-corrected chi connectivity index (χ0v) is 14.0. The molecule has 1 heterocycles. The highest BCUT2D eigenvalue weighted by molar-refractivity contribution is 5.80. The summed E-state index contributed by atoms with van der Waals surface area (Å²) in [7, 11) is 1.66. The number of rotatable bonds is 6. The van der Waals surface area contributed by atoms with Gasteiger partial charge in [0.25, 0.3) is 0 Å². The van der Waals surface area contributed by atoms with Gasteiger partial charge in [-0.25, -0.2) is 0 Å². The number of hydrogen-bond acceptors (Lipinski definition) is 3. The highest BCUT2D eigenvalue weighted by atomic mass is 16.5. The molecule has 2 aromatic carbocycles. The standard InChI is InChI=1S/C20H24N2O2/c1-24-17-9-7-16(8-10-17)18-13-21-14-19(18)20(23)22-12-11-15-5-3-2-4-6-15/h2-10,18-19,21H,11-14H2,1H3,(H,22,23)/t18-,19+/m0/s1. The molecule has 2 atom stereocenters. The van der Waals surface area contributed by atoms with E-state index in [1.165, 1.54) is 11.1 Å². The monoisotopic (exact) mass is 324 g/mol. The van der Waals surface area contributed by atoms with Crippen LogP contribution in [-0.2, 0) is 11.2 Å². The van der Waals surface area contributed by atoms with Crippen molar-refractivity contribution < 1.29 is 9.53 Å². The van der Waals surface area contributed by atoms with Gasteiger partial charge in [-0.1, -0.05) is 42.5 Å². The lowest BCUT2D eigenvalue weighted by Crippen LogP contribution is -2.35. The van der Waals surface area contributed by atoms with Gasteiger partial charge >= 0.3 is 0 Å². The summed E-state index contributed by atoms with van der Waals surface area (Å²) in [6, 6.07) is 18.3. The van der Waals surface area contributed by atoms with E-state index in [9.17, 15) is 4.79 Å². The Labute approximate surface area is 143 Å². The average Bonchev–Trinajstić information content (AvgIpc) is 3.12. The molecule has 2 aromatic rings. The second kappa shape index (κ2) is 7.97. The second-order valence-corrected chi connectivity index (χ2v) is 6.17. The highest BCUT2D eigenvalue weighted by Gasteiger charge is 2.33. The van der Waals surface area contributed by atoms with Gasteiger partial charge < -0.3 is 15.4 Å². The number of benzene rings is 2. The van der Waals surface area contributed by atoms with Crippen LogP contribution in [0.4, 0.5) is 0 Å². The van der Waals surface area contributed by atoms with Crippen molar-refractivity contribution in [2.45, 2.75) is 12.3 Å². The van der Waals surface area contributed by atoms with Gasteiger partial charge in [-0.3, -0.25) is 4.79 Å². The normalized spacial score (nSPS) is 19.9. The van der Waals surface area contributed by atoms with E-state index in [0.29, 0.717) is 6.54 Å². The maximum absolute atomic E-state index is 12.6. The van der Waals surface area contributed by atoms with Crippen molar-refractivity contribution in [1.82, 2.24) is 10.6 Å². The van der Waals surface area contributed by atoms with Crippen molar-refractivity contribution in [3.05, 3.63) is 65.7 Å². The van der Waals surface area contributed by atoms with Gasteiger partial charge in [0, 0.05) is 25.6 Å². The van der Waals surface area contributed by atoms with Crippen LogP contribution in [0.5, 0.6) is 5.75 Å². The summed E-state index contributed by atoms with van der Waals surface area (Å²) in [5.41, 5.74) is 2.43. The molecule has 4 heteroatoms. The van der Waals surface area contributed by atoms with Crippen LogP contribution in [0.1, 0.15) is 17.0 Å². The van der Waals surface area contributed by atoms with Crippen molar-refractivity contribution in [1.29, 1.82) is 0 Å². The Kier molecular flexibility index (Phi) is 5.49. The minimum Gasteiger partial charge on any atom is -0.497 e. The van der Waals surface area contributed by atoms with E-state index in [2.05, 4.69) is 34.9 Å². The summed E-state index contributed by atoms with van der Waals surface area (Å²) < 4.78 is 5.21. The molecule has 3 rings (SSSR count). The lowest BCUT2D eigenvalue weighted by Gasteiger charge is -2.19. The first-order valence-electron chi connectivity index (χ1n) is 8.44. The Balaban J connectivity index is 1.56. The molecule has 1 aliphatic rings. The third-order valence-corrected chi connectivity index (χ3v) is 4.65. The van der Waals surface area contributed by atoms with Crippen LogP contribution in [0.2, 0.25) is 0 Å². The lowest BCUT2D eigenvalue weighted by atomic mass is 9.88. The molecule has 0 bridgehead atoms. The van der Waals surface area contributed by atoms with Crippen LogP contribution in [0.3, 0.4) is 0 Å². The molecule has 1 aliphatic heterocycles. The van der Waals surface area contributed by atoms with Crippen LogP contribution >= 0.6 is 0 Å². The van der Waals surface area contributed by atoms with E-state index >= 15 is 0 Å². The Hall–Kier alpha value is -2.33. The van der Waals surface area contributed by atoms with Gasteiger partial charge in [-0.05, 0) is 29.7 Å². The van der Waals surface area contributed by atoms with Gasteiger partial charge in [-0.15, -0.1) is 0 Å². The fourth-order valence-corrected chi connectivity index (χ4v) is 3.26. The molecule has 0 radical (unpaired) electrons. The molecule has 126 valence electrons. The Morgan fingerprint density at radius 3 is 2.58 bits per heavy atom. The fourth-order valence-electron chi connectivity index (χ4n) is 3.26. The van der Waals surface area contributed by atoms with Crippen molar-refractivity contribution >= 4 is 5.91 Å². The van der Waals surface area contributed by atoms with Gasteiger partial charge in [0.05, 0.1) is 13.0 Å². The summed E-state index contributed by atoms with van der Waals surface area (Å²) in [5, 5.41) is 6.44. The predicted molar refractivity (Wildman–Crippen MR) is 95.3 cm³/mol. The molecule has 0 saturated carbocycles. The highest BCUT2D eigenvalue weighted by Crippen LogP contribution is 2.29. The Morgan fingerprint density at radius 1 is 1.12 bits per heavy atom. The fraction of sp³-hybridized carbons (Fsp3) is 0.350. The summed E-state index contributed by atoms with van der Waals surface area (Å²) in [6.45, 7) is 2.24. The summed E-state index contributed by atoms with van der Waals surface area (Å²) in [5.74, 6) is 1.17. The van der Waals surface area contributed by atoms with Crippen LogP contribution in [0.15, 0.2) is 54.6 Å². The summed E-state index contributed by atoms with van der Waals surface area (Å²) in [6.07, 6.45) is 0.861. The van der Waals surface area contributed by atoms with E-state index in [-0.39, 0.29) is 17.7 Å². The van der Waals surface area contributed by atoms with Gasteiger partial charge in [0.1, 0.15) is 5.75 Å². The molecule has 0 aliphatic carbocycles. The molecule has 4 nitrogen and oxygen atoms in total. The number of ether oxygens (including phenoxy) is 1. The Morgan fingerprint density at radius 2 is 1.88 bits per heavy atom. The number of hydrogen-bond donors (Lipinski definition) is 2. The SMILES string of the molecule is COc1ccc([C@@H]2CNC[C@H]2C(=O)NCCc2ccccc2)cc1. The summed E-state index contributed by atoms with van der Waals surface area (Å²) >= 11 is 0. The molecule has 2 N–H and O–H groups in total. The first-order valence-corrected chi connectivity index (χ1v) is 8.44. The number of amides is 1. The summed E-state index contributed by atoms with van der Waals surface area (Å²) in [4.78, 5) is 12.6. The van der Waals surface area contributed by atoms with Crippen molar-refractivity contribution in [2.75, 3.05) is 26.7 Å².